The van der Waals surface area contributed by atoms with Crippen LogP contribution >= 0.6 is 11.6 Å². The molecule has 0 N–H and O–H groups in total. The lowest BCUT2D eigenvalue weighted by Gasteiger charge is -2.15. The van der Waals surface area contributed by atoms with Crippen molar-refractivity contribution >= 4 is 33.4 Å². The SMILES string of the molecule is CCn1c(=O)ccc2c3c(-c4ccccc4)cc(-c4ccc(Cl)cc4)nc3ccc21. The summed E-state index contributed by atoms with van der Waals surface area (Å²) in [6.07, 6.45) is 0. The monoisotopic (exact) mass is 410 g/mol. The molecule has 3 aromatic carbocycles. The van der Waals surface area contributed by atoms with Crippen molar-refractivity contribution < 1.29 is 0 Å². The van der Waals surface area contributed by atoms with Crippen LogP contribution in [0.2, 0.25) is 5.02 Å². The maximum Gasteiger partial charge on any atom is 0.251 e. The third-order valence-corrected chi connectivity index (χ3v) is 5.73. The molecule has 0 saturated carbocycles. The minimum Gasteiger partial charge on any atom is -0.309 e. The van der Waals surface area contributed by atoms with Gasteiger partial charge in [0, 0.05) is 34.0 Å². The van der Waals surface area contributed by atoms with Crippen LogP contribution in [-0.2, 0) is 6.54 Å². The Hall–Kier alpha value is -3.43. The molecule has 2 heterocycles. The lowest BCUT2D eigenvalue weighted by Crippen LogP contribution is -2.18. The standard InChI is InChI=1S/C26H19ClN2O/c1-2-29-24-14-13-22-26(20(24)12-15-25(29)30)21(17-6-4-3-5-7-17)16-23(28-22)18-8-10-19(27)11-9-18/h3-16H,2H2,1H3. The Kier molecular flexibility index (Phi) is 4.61. The molecule has 0 radical (unpaired) electrons. The van der Waals surface area contributed by atoms with Crippen molar-refractivity contribution in [2.24, 2.45) is 0 Å². The fourth-order valence-corrected chi connectivity index (χ4v) is 4.18. The number of rotatable bonds is 3. The molecule has 0 saturated heterocycles. The normalized spacial score (nSPS) is 11.3. The molecule has 0 aliphatic rings. The van der Waals surface area contributed by atoms with Crippen LogP contribution in [0.4, 0.5) is 0 Å². The number of fused-ring (bicyclic) bond motifs is 3. The minimum absolute atomic E-state index is 0.0105. The Balaban J connectivity index is 1.91. The molecule has 30 heavy (non-hydrogen) atoms. The first-order valence-electron chi connectivity index (χ1n) is 9.94. The lowest BCUT2D eigenvalue weighted by molar-refractivity contribution is 0.760. The van der Waals surface area contributed by atoms with Gasteiger partial charge in [-0.1, -0.05) is 54.1 Å². The molecule has 2 aromatic heterocycles. The predicted molar refractivity (Wildman–Crippen MR) is 125 cm³/mol. The largest absolute Gasteiger partial charge is 0.309 e. The first-order valence-corrected chi connectivity index (χ1v) is 10.3. The summed E-state index contributed by atoms with van der Waals surface area (Å²) in [5.74, 6) is 0. The number of pyridine rings is 2. The van der Waals surface area contributed by atoms with Crippen molar-refractivity contribution in [1.29, 1.82) is 0 Å². The van der Waals surface area contributed by atoms with Crippen LogP contribution in [-0.4, -0.2) is 9.55 Å². The van der Waals surface area contributed by atoms with Crippen LogP contribution < -0.4 is 5.56 Å². The molecule has 0 fully saturated rings. The second-order valence-corrected chi connectivity index (χ2v) is 7.67. The highest BCUT2D eigenvalue weighted by Crippen LogP contribution is 2.36. The second-order valence-electron chi connectivity index (χ2n) is 7.24. The maximum absolute atomic E-state index is 12.4. The summed E-state index contributed by atoms with van der Waals surface area (Å²) in [5.41, 5.74) is 5.94. The van der Waals surface area contributed by atoms with E-state index in [0.717, 1.165) is 44.2 Å². The maximum atomic E-state index is 12.4. The number of halogens is 1. The summed E-state index contributed by atoms with van der Waals surface area (Å²) < 4.78 is 1.80. The van der Waals surface area contributed by atoms with E-state index in [1.807, 2.05) is 67.6 Å². The van der Waals surface area contributed by atoms with E-state index >= 15 is 0 Å². The van der Waals surface area contributed by atoms with Gasteiger partial charge in [0.25, 0.3) is 5.56 Å². The fraction of sp³-hybridized carbons (Fsp3) is 0.0769. The molecule has 0 amide bonds. The van der Waals surface area contributed by atoms with Crippen LogP contribution in [0.25, 0.3) is 44.2 Å². The van der Waals surface area contributed by atoms with E-state index in [0.29, 0.717) is 11.6 Å². The van der Waals surface area contributed by atoms with E-state index in [4.69, 9.17) is 16.6 Å². The van der Waals surface area contributed by atoms with Gasteiger partial charge in [0.15, 0.2) is 0 Å². The van der Waals surface area contributed by atoms with Gasteiger partial charge in [0.2, 0.25) is 0 Å². The van der Waals surface area contributed by atoms with Crippen LogP contribution in [0.15, 0.2) is 89.7 Å². The van der Waals surface area contributed by atoms with Crippen molar-refractivity contribution in [3.63, 3.8) is 0 Å². The zero-order valence-corrected chi connectivity index (χ0v) is 17.2. The molecule has 0 bridgehead atoms. The van der Waals surface area contributed by atoms with Gasteiger partial charge in [-0.25, -0.2) is 4.98 Å². The van der Waals surface area contributed by atoms with Crippen molar-refractivity contribution in [1.82, 2.24) is 9.55 Å². The van der Waals surface area contributed by atoms with Gasteiger partial charge in [-0.3, -0.25) is 4.79 Å². The Morgan fingerprint density at radius 2 is 1.63 bits per heavy atom. The summed E-state index contributed by atoms with van der Waals surface area (Å²) in [7, 11) is 0. The fourth-order valence-electron chi connectivity index (χ4n) is 4.05. The highest BCUT2D eigenvalue weighted by atomic mass is 35.5. The Morgan fingerprint density at radius 1 is 0.867 bits per heavy atom. The van der Waals surface area contributed by atoms with Crippen LogP contribution in [0, 0.1) is 0 Å². The highest BCUT2D eigenvalue weighted by Gasteiger charge is 2.14. The molecule has 0 atom stereocenters. The van der Waals surface area contributed by atoms with Crippen LogP contribution in [0.3, 0.4) is 0 Å². The number of nitrogens with zero attached hydrogens (tertiary/aromatic N) is 2. The first-order chi connectivity index (χ1) is 14.7. The van der Waals surface area contributed by atoms with Gasteiger partial charge in [0.1, 0.15) is 0 Å². The van der Waals surface area contributed by atoms with Crippen molar-refractivity contribution in [2.45, 2.75) is 13.5 Å². The molecule has 5 rings (SSSR count). The molecular weight excluding hydrogens is 392 g/mol. The molecule has 0 aliphatic heterocycles. The summed E-state index contributed by atoms with van der Waals surface area (Å²) in [4.78, 5) is 17.3. The van der Waals surface area contributed by atoms with Gasteiger partial charge in [0.05, 0.1) is 16.7 Å². The number of aromatic nitrogens is 2. The van der Waals surface area contributed by atoms with E-state index in [-0.39, 0.29) is 5.56 Å². The van der Waals surface area contributed by atoms with E-state index < -0.39 is 0 Å². The zero-order chi connectivity index (χ0) is 20.7. The van der Waals surface area contributed by atoms with Crippen molar-refractivity contribution in [3.05, 3.63) is 100 Å². The first kappa shape index (κ1) is 18.6. The minimum atomic E-state index is 0.0105. The molecule has 0 unspecified atom stereocenters. The highest BCUT2D eigenvalue weighted by molar-refractivity contribution is 6.30. The summed E-state index contributed by atoms with van der Waals surface area (Å²) in [5, 5.41) is 2.79. The van der Waals surface area contributed by atoms with Gasteiger partial charge in [-0.05, 0) is 54.4 Å². The Morgan fingerprint density at radius 3 is 2.37 bits per heavy atom. The number of benzene rings is 3. The zero-order valence-electron chi connectivity index (χ0n) is 16.5. The average Bonchev–Trinajstić information content (AvgIpc) is 2.79. The molecule has 146 valence electrons. The van der Waals surface area contributed by atoms with Crippen molar-refractivity contribution in [2.75, 3.05) is 0 Å². The molecule has 5 aromatic rings. The molecule has 0 spiro atoms. The predicted octanol–water partition coefficient (Wildman–Crippen LogP) is 6.56. The second kappa shape index (κ2) is 7.43. The lowest BCUT2D eigenvalue weighted by atomic mass is 9.95. The summed E-state index contributed by atoms with van der Waals surface area (Å²) >= 11 is 6.08. The summed E-state index contributed by atoms with van der Waals surface area (Å²) in [6.45, 7) is 2.61. The molecular formula is C26H19ClN2O. The average molecular weight is 411 g/mol. The van der Waals surface area contributed by atoms with Gasteiger partial charge in [-0.2, -0.15) is 0 Å². The molecule has 4 heteroatoms. The smallest absolute Gasteiger partial charge is 0.251 e. The third-order valence-electron chi connectivity index (χ3n) is 5.48. The number of hydrogen-bond acceptors (Lipinski definition) is 2. The third kappa shape index (κ3) is 3.08. The van der Waals surface area contributed by atoms with Gasteiger partial charge in [-0.15, -0.1) is 0 Å². The summed E-state index contributed by atoms with van der Waals surface area (Å²) in [6, 6.07) is 27.7. The Labute approximate surface area is 179 Å². The van der Waals surface area contributed by atoms with Gasteiger partial charge < -0.3 is 4.57 Å². The Bertz CT molecular complexity index is 1440. The number of aryl methyl sites for hydroxylation is 1. The van der Waals surface area contributed by atoms with E-state index in [1.165, 1.54) is 0 Å². The molecule has 3 nitrogen and oxygen atoms in total. The molecule has 0 aliphatic carbocycles. The number of hydrogen-bond donors (Lipinski definition) is 0. The van der Waals surface area contributed by atoms with E-state index in [2.05, 4.69) is 18.2 Å². The van der Waals surface area contributed by atoms with Gasteiger partial charge >= 0.3 is 0 Å². The quantitative estimate of drug-likeness (QED) is 0.316. The van der Waals surface area contributed by atoms with Crippen LogP contribution in [0.5, 0.6) is 0 Å². The van der Waals surface area contributed by atoms with Crippen molar-refractivity contribution in [3.8, 4) is 22.4 Å². The van der Waals surface area contributed by atoms with E-state index in [9.17, 15) is 4.79 Å². The van der Waals surface area contributed by atoms with Crippen LogP contribution in [0.1, 0.15) is 6.92 Å². The topological polar surface area (TPSA) is 34.9 Å². The van der Waals surface area contributed by atoms with E-state index in [1.54, 1.807) is 10.6 Å².